The number of hydrogen-bond donors (Lipinski definition) is 8. The number of benzene rings is 4. The van der Waals surface area contributed by atoms with Gasteiger partial charge < -0.3 is 47.1 Å². The maximum absolute atomic E-state index is 14.6. The number of unbranched alkanes of at least 4 members (excludes halogenated alkanes) is 1. The highest BCUT2D eigenvalue weighted by Crippen LogP contribution is 2.21. The van der Waals surface area contributed by atoms with Crippen molar-refractivity contribution in [1.82, 2.24) is 31.9 Å². The Morgan fingerprint density at radius 2 is 1.12 bits per heavy atom. The van der Waals surface area contributed by atoms with Gasteiger partial charge in [-0.25, -0.2) is 9.59 Å². The van der Waals surface area contributed by atoms with Gasteiger partial charge in [0.05, 0.1) is 6.54 Å². The number of carboxylic acid groups (broad SMARTS) is 1. The molecule has 0 unspecified atom stereocenters. The van der Waals surface area contributed by atoms with E-state index in [4.69, 9.17) is 4.74 Å². The van der Waals surface area contributed by atoms with Gasteiger partial charge in [-0.2, -0.15) is 0 Å². The van der Waals surface area contributed by atoms with E-state index in [2.05, 4.69) is 37.2 Å². The molecule has 0 aliphatic rings. The molecule has 0 saturated carbocycles. The summed E-state index contributed by atoms with van der Waals surface area (Å²) in [6, 6.07) is 31.8. The third-order valence-corrected chi connectivity index (χ3v) is 12.1. The number of aryl methyl sites for hydroxylation is 1. The molecule has 73 heavy (non-hydrogen) atoms. The van der Waals surface area contributed by atoms with Crippen LogP contribution in [0.4, 0.5) is 10.5 Å². The highest BCUT2D eigenvalue weighted by molar-refractivity contribution is 7.09. The fourth-order valence-electron chi connectivity index (χ4n) is 7.48. The normalized spacial score (nSPS) is 12.7. The number of hydrogen-bond acceptors (Lipinski definition) is 10. The number of ether oxygens (including phenoxy) is 1. The molecule has 4 aromatic carbocycles. The fourth-order valence-corrected chi connectivity index (χ4v) is 8.23. The van der Waals surface area contributed by atoms with Crippen LogP contribution in [-0.2, 0) is 57.6 Å². The van der Waals surface area contributed by atoms with Crippen LogP contribution in [0.15, 0.2) is 127 Å². The number of carbonyl (C=O) groups is 8. The molecule has 4 atom stereocenters. The Kier molecular flexibility index (Phi) is 21.7. The van der Waals surface area contributed by atoms with Crippen LogP contribution in [0.5, 0.6) is 0 Å². The highest BCUT2D eigenvalue weighted by Gasteiger charge is 2.31. The lowest BCUT2D eigenvalue weighted by Gasteiger charge is -2.26. The van der Waals surface area contributed by atoms with Gasteiger partial charge in [0.2, 0.25) is 35.4 Å². The van der Waals surface area contributed by atoms with Crippen LogP contribution >= 0.6 is 11.3 Å². The van der Waals surface area contributed by atoms with E-state index in [9.17, 15) is 43.5 Å². The van der Waals surface area contributed by atoms with E-state index in [1.807, 2.05) is 91.2 Å². The largest absolute Gasteiger partial charge is 0.480 e. The molecule has 0 aliphatic carbocycles. The van der Waals surface area contributed by atoms with Crippen molar-refractivity contribution in [3.63, 3.8) is 0 Å². The smallest absolute Gasteiger partial charge is 0.407 e. The number of thiophene rings is 1. The Morgan fingerprint density at radius 1 is 0.562 bits per heavy atom. The maximum atomic E-state index is 14.6. The second kappa shape index (κ2) is 28.2. The van der Waals surface area contributed by atoms with Crippen molar-refractivity contribution in [3.8, 4) is 11.1 Å². The Labute approximate surface area is 429 Å². The second-order valence-corrected chi connectivity index (χ2v) is 19.5. The van der Waals surface area contributed by atoms with Crippen molar-refractivity contribution >= 4 is 64.5 Å². The van der Waals surface area contributed by atoms with Crippen molar-refractivity contribution in [2.45, 2.75) is 109 Å². The van der Waals surface area contributed by atoms with Crippen LogP contribution < -0.4 is 37.2 Å². The fraction of sp³-hybridized carbons (Fsp3) is 0.345. The Balaban J connectivity index is 1.30. The van der Waals surface area contributed by atoms with Gasteiger partial charge in [0.1, 0.15) is 29.8 Å². The molecule has 17 nitrogen and oxygen atoms in total. The van der Waals surface area contributed by atoms with Crippen LogP contribution in [0.2, 0.25) is 0 Å². The average molecular weight is 1020 g/mol. The summed E-state index contributed by atoms with van der Waals surface area (Å²) in [7, 11) is 0. The monoisotopic (exact) mass is 1020 g/mol. The predicted octanol–water partition coefficient (Wildman–Crippen LogP) is 6.01. The number of anilines is 1. The minimum atomic E-state index is -1.29. The average Bonchev–Trinajstić information content (AvgIpc) is 3.88. The summed E-state index contributed by atoms with van der Waals surface area (Å²) in [5.74, 6) is -5.17. The molecule has 0 saturated heterocycles. The van der Waals surface area contributed by atoms with Crippen molar-refractivity contribution < 1.29 is 48.2 Å². The van der Waals surface area contributed by atoms with Crippen LogP contribution in [0.25, 0.3) is 11.1 Å². The van der Waals surface area contributed by atoms with Crippen LogP contribution in [0.3, 0.4) is 0 Å². The van der Waals surface area contributed by atoms with E-state index in [1.54, 1.807) is 63.2 Å². The summed E-state index contributed by atoms with van der Waals surface area (Å²) in [5.41, 5.74) is 4.17. The summed E-state index contributed by atoms with van der Waals surface area (Å²) >= 11 is 1.38. The first-order chi connectivity index (χ1) is 34.9. The first kappa shape index (κ1) is 56.1. The van der Waals surface area contributed by atoms with Gasteiger partial charge in [-0.15, -0.1) is 11.3 Å². The molecular formula is C55H65N7O10S. The quantitative estimate of drug-likeness (QED) is 0.0300. The Morgan fingerprint density at radius 3 is 1.73 bits per heavy atom. The summed E-state index contributed by atoms with van der Waals surface area (Å²) < 4.78 is 5.21. The minimum Gasteiger partial charge on any atom is -0.480 e. The van der Waals surface area contributed by atoms with E-state index in [1.165, 1.54) is 11.3 Å². The molecule has 386 valence electrons. The number of aliphatic carboxylic acids is 1. The molecule has 0 aliphatic heterocycles. The number of nitrogens with one attached hydrogen (secondary N) is 7. The summed E-state index contributed by atoms with van der Waals surface area (Å²) in [6.45, 7) is 6.74. The number of alkyl carbamates (subject to hydrolysis) is 1. The standard InChI is InChI=1S/C55H65N7O10S/c1-36-20-26-41(27-21-36)58-47(63)28-29-48(64)60-46(34-42-18-13-31-73-42)52(68)62-45(33-38-22-24-40(25-23-38)39-16-9-6-10-17-39)51(67)61-44(32-37-14-7-5-8-15-37)50(66)57-35-49(65)59-43(53(69)70)19-11-12-30-56-54(71)72-55(2,3)4/h5-10,13-18,20-27,31,43-46H,11-12,19,28-30,32-35H2,1-4H3,(H,56,71)(H,57,66)(H,58,63)(H,59,65)(H,60,64)(H,61,67)(H,62,68)(H,69,70)/t43-,44+,45-,46+/m0/s1. The zero-order valence-corrected chi connectivity index (χ0v) is 42.4. The molecule has 0 radical (unpaired) electrons. The molecule has 1 heterocycles. The lowest BCUT2D eigenvalue weighted by atomic mass is 9.99. The molecule has 8 N–H and O–H groups in total. The molecule has 0 bridgehead atoms. The molecule has 5 rings (SSSR count). The van der Waals surface area contributed by atoms with Gasteiger partial charge in [-0.1, -0.05) is 109 Å². The molecule has 7 amide bonds. The Hall–Kier alpha value is -7.86. The zero-order chi connectivity index (χ0) is 52.8. The summed E-state index contributed by atoms with van der Waals surface area (Å²) in [5, 5.41) is 30.4. The third-order valence-electron chi connectivity index (χ3n) is 11.2. The van der Waals surface area contributed by atoms with E-state index in [0.717, 1.165) is 21.6 Å². The molecule has 5 aromatic rings. The molecule has 1 aromatic heterocycles. The van der Waals surface area contributed by atoms with E-state index in [-0.39, 0.29) is 51.0 Å². The first-order valence-electron chi connectivity index (χ1n) is 24.1. The van der Waals surface area contributed by atoms with Gasteiger partial charge in [0.15, 0.2) is 0 Å². The molecular weight excluding hydrogens is 951 g/mol. The topological polar surface area (TPSA) is 250 Å². The maximum Gasteiger partial charge on any atom is 0.407 e. The summed E-state index contributed by atoms with van der Waals surface area (Å²) in [6.07, 6.45) is -0.133. The van der Waals surface area contributed by atoms with Gasteiger partial charge in [0.25, 0.3) is 0 Å². The number of amides is 7. The zero-order valence-electron chi connectivity index (χ0n) is 41.5. The van der Waals surface area contributed by atoms with E-state index >= 15 is 0 Å². The number of carbonyl (C=O) groups excluding carboxylic acids is 7. The van der Waals surface area contributed by atoms with Crippen molar-refractivity contribution in [2.24, 2.45) is 0 Å². The van der Waals surface area contributed by atoms with Gasteiger partial charge in [-0.3, -0.25) is 28.8 Å². The van der Waals surface area contributed by atoms with Crippen molar-refractivity contribution in [2.75, 3.05) is 18.4 Å². The van der Waals surface area contributed by atoms with Crippen LogP contribution in [0, 0.1) is 6.92 Å². The van der Waals surface area contributed by atoms with Crippen molar-refractivity contribution in [3.05, 3.63) is 148 Å². The SMILES string of the molecule is Cc1ccc(NC(=O)CCC(=O)N[C@H](Cc2cccs2)C(=O)N[C@@H](Cc2ccc(-c3ccccc3)cc2)C(=O)N[C@H](Cc2ccccc2)C(=O)NCC(=O)N[C@@H](CCCCNC(=O)OC(C)(C)C)C(=O)O)cc1. The van der Waals surface area contributed by atoms with Crippen molar-refractivity contribution in [1.29, 1.82) is 0 Å². The Bertz CT molecular complexity index is 2610. The first-order valence-corrected chi connectivity index (χ1v) is 25.0. The van der Waals surface area contributed by atoms with Gasteiger partial charge in [-0.05, 0) is 92.8 Å². The summed E-state index contributed by atoms with van der Waals surface area (Å²) in [4.78, 5) is 107. The van der Waals surface area contributed by atoms with Crippen LogP contribution in [-0.4, -0.2) is 95.5 Å². The number of carboxylic acids is 1. The third kappa shape index (κ3) is 20.4. The van der Waals surface area contributed by atoms with Gasteiger partial charge in [0, 0.05) is 49.2 Å². The van der Waals surface area contributed by atoms with E-state index < -0.39 is 77.9 Å². The highest BCUT2D eigenvalue weighted by atomic mass is 32.1. The van der Waals surface area contributed by atoms with Crippen LogP contribution in [0.1, 0.15) is 74.4 Å². The van der Waals surface area contributed by atoms with E-state index in [0.29, 0.717) is 29.7 Å². The second-order valence-electron chi connectivity index (χ2n) is 18.5. The van der Waals surface area contributed by atoms with Gasteiger partial charge >= 0.3 is 12.1 Å². The molecule has 0 fully saturated rings. The minimum absolute atomic E-state index is 0.0178. The lowest BCUT2D eigenvalue weighted by molar-refractivity contribution is -0.142. The lowest BCUT2D eigenvalue weighted by Crippen LogP contribution is -2.58. The molecule has 0 spiro atoms. The predicted molar refractivity (Wildman–Crippen MR) is 279 cm³/mol. The molecule has 18 heteroatoms. The number of rotatable bonds is 26.